The first-order valence-electron chi connectivity index (χ1n) is 10.3. The summed E-state index contributed by atoms with van der Waals surface area (Å²) in [7, 11) is 1.84. The number of fused-ring (bicyclic) bond motifs is 4. The summed E-state index contributed by atoms with van der Waals surface area (Å²) in [5, 5.41) is 6.71. The third kappa shape index (κ3) is 3.55. The van der Waals surface area contributed by atoms with E-state index in [-0.39, 0.29) is 5.91 Å². The van der Waals surface area contributed by atoms with Gasteiger partial charge in [0.25, 0.3) is 0 Å². The minimum absolute atomic E-state index is 0.101. The van der Waals surface area contributed by atoms with Crippen LogP contribution in [0.5, 0.6) is 0 Å². The van der Waals surface area contributed by atoms with Crippen molar-refractivity contribution in [3.8, 4) is 0 Å². The van der Waals surface area contributed by atoms with Crippen molar-refractivity contribution in [1.29, 1.82) is 0 Å². The molecule has 0 unspecified atom stereocenters. The Labute approximate surface area is 184 Å². The molecule has 1 amide bonds. The fourth-order valence-electron chi connectivity index (χ4n) is 4.04. The Morgan fingerprint density at radius 2 is 1.77 bits per heavy atom. The molecule has 0 saturated carbocycles. The van der Waals surface area contributed by atoms with E-state index >= 15 is 0 Å². The Morgan fingerprint density at radius 3 is 2.58 bits per heavy atom. The van der Waals surface area contributed by atoms with Crippen LogP contribution >= 0.6 is 11.3 Å². The van der Waals surface area contributed by atoms with Crippen LogP contribution in [0.25, 0.3) is 26.8 Å². The maximum absolute atomic E-state index is 12.8. The van der Waals surface area contributed by atoms with Gasteiger partial charge in [-0.15, -0.1) is 11.3 Å². The highest BCUT2D eigenvalue weighted by atomic mass is 32.1. The van der Waals surface area contributed by atoms with Crippen molar-refractivity contribution >= 4 is 44.0 Å². The summed E-state index contributed by atoms with van der Waals surface area (Å²) < 4.78 is 3.05. The van der Waals surface area contributed by atoms with E-state index in [1.54, 1.807) is 16.2 Å². The fraction of sp³-hybridized carbons (Fsp3) is 0.250. The molecule has 0 fully saturated rings. The van der Waals surface area contributed by atoms with Gasteiger partial charge < -0.3 is 4.90 Å². The maximum Gasteiger partial charge on any atom is 0.223 e. The number of hydrogen-bond acceptors (Lipinski definition) is 5. The van der Waals surface area contributed by atoms with E-state index in [2.05, 4.69) is 18.0 Å². The number of aryl methyl sites for hydroxylation is 2. The van der Waals surface area contributed by atoms with E-state index in [4.69, 9.17) is 10.1 Å². The van der Waals surface area contributed by atoms with Gasteiger partial charge >= 0.3 is 0 Å². The number of aromatic nitrogens is 4. The van der Waals surface area contributed by atoms with Gasteiger partial charge in [-0.05, 0) is 50.1 Å². The van der Waals surface area contributed by atoms with Gasteiger partial charge in [0.15, 0.2) is 5.65 Å². The van der Waals surface area contributed by atoms with Crippen molar-refractivity contribution in [2.45, 2.75) is 33.2 Å². The minimum atomic E-state index is 0.101. The van der Waals surface area contributed by atoms with E-state index in [1.165, 1.54) is 0 Å². The van der Waals surface area contributed by atoms with Crippen molar-refractivity contribution < 1.29 is 4.79 Å². The molecule has 0 aliphatic heterocycles. The van der Waals surface area contributed by atoms with Crippen molar-refractivity contribution in [2.75, 3.05) is 7.05 Å². The molecule has 0 N–H and O–H groups in total. The first kappa shape index (κ1) is 19.6. The first-order valence-corrected chi connectivity index (χ1v) is 11.1. The summed E-state index contributed by atoms with van der Waals surface area (Å²) >= 11 is 1.64. The average molecular weight is 430 g/mol. The molecule has 0 spiro atoms. The van der Waals surface area contributed by atoms with E-state index in [0.29, 0.717) is 19.4 Å². The molecule has 0 atom stereocenters. The number of nitrogens with zero attached hydrogens (tertiary/aromatic N) is 5. The average Bonchev–Trinajstić information content (AvgIpc) is 3.34. The van der Waals surface area contributed by atoms with Crippen LogP contribution in [0.1, 0.15) is 28.4 Å². The number of carbonyl (C=O) groups excluding carboxylic acids is 1. The molecular weight excluding hydrogens is 406 g/mol. The SMILES string of the molecule is Cc1nc2c3ccccc3nn2c(C)c1CCC(=O)N(C)Cc1nc2ccccc2s1. The van der Waals surface area contributed by atoms with Crippen molar-refractivity contribution in [3.63, 3.8) is 0 Å². The van der Waals surface area contributed by atoms with Crippen LogP contribution in [-0.4, -0.2) is 37.4 Å². The summed E-state index contributed by atoms with van der Waals surface area (Å²) in [6, 6.07) is 16.1. The Kier molecular flexibility index (Phi) is 4.90. The molecule has 0 aliphatic rings. The van der Waals surface area contributed by atoms with Gasteiger partial charge in [-0.2, -0.15) is 5.10 Å². The molecule has 3 aromatic heterocycles. The molecule has 5 rings (SSSR count). The third-order valence-electron chi connectivity index (χ3n) is 5.74. The number of carbonyl (C=O) groups is 1. The fourth-order valence-corrected chi connectivity index (χ4v) is 5.06. The number of hydrogen-bond donors (Lipinski definition) is 0. The summed E-state index contributed by atoms with van der Waals surface area (Å²) in [5.74, 6) is 0.101. The lowest BCUT2D eigenvalue weighted by Crippen LogP contribution is -2.26. The highest BCUT2D eigenvalue weighted by Crippen LogP contribution is 2.24. The minimum Gasteiger partial charge on any atom is -0.339 e. The maximum atomic E-state index is 12.8. The van der Waals surface area contributed by atoms with Crippen molar-refractivity contribution in [2.24, 2.45) is 0 Å². The van der Waals surface area contributed by atoms with E-state index in [1.807, 2.05) is 61.0 Å². The van der Waals surface area contributed by atoms with Crippen LogP contribution in [-0.2, 0) is 17.8 Å². The van der Waals surface area contributed by atoms with Gasteiger partial charge in [-0.3, -0.25) is 4.79 Å². The Morgan fingerprint density at radius 1 is 1.03 bits per heavy atom. The molecule has 2 aromatic carbocycles. The van der Waals surface area contributed by atoms with Gasteiger partial charge in [0.05, 0.1) is 22.3 Å². The Balaban J connectivity index is 1.33. The topological polar surface area (TPSA) is 63.4 Å². The molecule has 5 aromatic rings. The number of thiazole rings is 1. The number of para-hydroxylation sites is 1. The van der Waals surface area contributed by atoms with E-state index in [9.17, 15) is 4.79 Å². The van der Waals surface area contributed by atoms with Crippen molar-refractivity contribution in [1.82, 2.24) is 24.5 Å². The molecule has 0 aliphatic carbocycles. The second kappa shape index (κ2) is 7.74. The first-order chi connectivity index (χ1) is 15.0. The largest absolute Gasteiger partial charge is 0.339 e. The normalized spacial score (nSPS) is 11.6. The number of rotatable bonds is 5. The molecule has 0 bridgehead atoms. The number of benzene rings is 2. The smallest absolute Gasteiger partial charge is 0.223 e. The summed E-state index contributed by atoms with van der Waals surface area (Å²) in [6.45, 7) is 4.59. The predicted molar refractivity (Wildman–Crippen MR) is 124 cm³/mol. The summed E-state index contributed by atoms with van der Waals surface area (Å²) in [6.07, 6.45) is 1.07. The molecule has 31 heavy (non-hydrogen) atoms. The molecule has 0 radical (unpaired) electrons. The second-order valence-electron chi connectivity index (χ2n) is 7.84. The lowest BCUT2D eigenvalue weighted by Gasteiger charge is -2.17. The van der Waals surface area contributed by atoms with Gasteiger partial charge in [-0.1, -0.05) is 24.3 Å². The lowest BCUT2D eigenvalue weighted by molar-refractivity contribution is -0.130. The van der Waals surface area contributed by atoms with Crippen LogP contribution in [0, 0.1) is 13.8 Å². The second-order valence-corrected chi connectivity index (χ2v) is 8.95. The van der Waals surface area contributed by atoms with E-state index in [0.717, 1.165) is 48.7 Å². The zero-order valence-corrected chi connectivity index (χ0v) is 18.6. The quantitative estimate of drug-likeness (QED) is 0.406. The standard InChI is InChI=1S/C24H23N5OS/c1-15-17(16(2)29-24(25-15)18-8-4-5-9-19(18)27-29)12-13-23(30)28(3)14-22-26-20-10-6-7-11-21(20)31-22/h4-11H,12-14H2,1-3H3. The zero-order valence-electron chi connectivity index (χ0n) is 17.8. The Bertz CT molecular complexity index is 1400. The van der Waals surface area contributed by atoms with Crippen LogP contribution in [0.15, 0.2) is 48.5 Å². The van der Waals surface area contributed by atoms with Crippen LogP contribution < -0.4 is 0 Å². The Hall–Kier alpha value is -3.32. The molecule has 6 nitrogen and oxygen atoms in total. The molecule has 7 heteroatoms. The van der Waals surface area contributed by atoms with Gasteiger partial charge in [0.2, 0.25) is 5.91 Å². The lowest BCUT2D eigenvalue weighted by atomic mass is 10.1. The molecule has 0 saturated heterocycles. The summed E-state index contributed by atoms with van der Waals surface area (Å²) in [4.78, 5) is 24.0. The van der Waals surface area contributed by atoms with Gasteiger partial charge in [0.1, 0.15) is 5.01 Å². The van der Waals surface area contributed by atoms with E-state index < -0.39 is 0 Å². The van der Waals surface area contributed by atoms with Crippen LogP contribution in [0.3, 0.4) is 0 Å². The van der Waals surface area contributed by atoms with Crippen LogP contribution in [0.2, 0.25) is 0 Å². The van der Waals surface area contributed by atoms with Gasteiger partial charge in [0, 0.05) is 30.2 Å². The molecule has 156 valence electrons. The summed E-state index contributed by atoms with van der Waals surface area (Å²) in [5.41, 5.74) is 5.87. The predicted octanol–water partition coefficient (Wildman–Crippen LogP) is 4.70. The highest BCUT2D eigenvalue weighted by Gasteiger charge is 2.17. The highest BCUT2D eigenvalue weighted by molar-refractivity contribution is 7.18. The zero-order chi connectivity index (χ0) is 21.5. The van der Waals surface area contributed by atoms with Gasteiger partial charge in [-0.25, -0.2) is 14.5 Å². The molecular formula is C24H23N5OS. The van der Waals surface area contributed by atoms with Crippen LogP contribution in [0.4, 0.5) is 0 Å². The third-order valence-corrected chi connectivity index (χ3v) is 6.76. The monoisotopic (exact) mass is 429 g/mol. The molecule has 3 heterocycles. The van der Waals surface area contributed by atoms with Crippen molar-refractivity contribution in [3.05, 3.63) is 70.5 Å². The number of amides is 1.